The third-order valence-corrected chi connectivity index (χ3v) is 5.91. The minimum atomic E-state index is -1.18. The molecule has 146 valence electrons. The summed E-state index contributed by atoms with van der Waals surface area (Å²) in [4.78, 5) is 26.3. The number of carbonyl (C=O) groups is 2. The predicted octanol–water partition coefficient (Wildman–Crippen LogP) is 3.90. The molecule has 2 aliphatic rings. The summed E-state index contributed by atoms with van der Waals surface area (Å²) in [5.74, 6) is -1.32. The van der Waals surface area contributed by atoms with E-state index in [0.717, 1.165) is 0 Å². The van der Waals surface area contributed by atoms with Crippen molar-refractivity contribution in [3.05, 3.63) is 58.9 Å². The lowest BCUT2D eigenvalue weighted by Crippen LogP contribution is -2.52. The molecule has 2 aromatic carbocycles. The van der Waals surface area contributed by atoms with Gasteiger partial charge in [-0.3, -0.25) is 14.9 Å². The third kappa shape index (κ3) is 2.97. The summed E-state index contributed by atoms with van der Waals surface area (Å²) in [6.07, 6.45) is 0.504. The van der Waals surface area contributed by atoms with Gasteiger partial charge in [0.15, 0.2) is 0 Å². The van der Waals surface area contributed by atoms with E-state index in [9.17, 15) is 14.0 Å². The van der Waals surface area contributed by atoms with Crippen molar-refractivity contribution in [3.63, 3.8) is 0 Å². The summed E-state index contributed by atoms with van der Waals surface area (Å²) in [5.41, 5.74) is 0.650. The van der Waals surface area contributed by atoms with Crippen LogP contribution in [0.4, 0.5) is 15.8 Å². The lowest BCUT2D eigenvalue weighted by molar-refractivity contribution is -0.130. The first-order valence-electron chi connectivity index (χ1n) is 9.27. The van der Waals surface area contributed by atoms with E-state index < -0.39 is 11.5 Å². The largest absolute Gasteiger partial charge is 0.326 e. The Hall–Kier alpha value is -2.44. The molecular weight excluding hydrogens is 381 g/mol. The van der Waals surface area contributed by atoms with E-state index in [1.54, 1.807) is 18.2 Å². The summed E-state index contributed by atoms with van der Waals surface area (Å²) >= 11 is 6.20. The third-order valence-electron chi connectivity index (χ3n) is 5.67. The molecule has 0 bridgehead atoms. The molecular formula is C21H21ClFN3O2. The number of halogens is 2. The Morgan fingerprint density at radius 3 is 2.64 bits per heavy atom. The van der Waals surface area contributed by atoms with Crippen LogP contribution in [0.15, 0.2) is 42.5 Å². The van der Waals surface area contributed by atoms with E-state index in [4.69, 9.17) is 11.6 Å². The lowest BCUT2D eigenvalue weighted by atomic mass is 9.79. The number of hydrogen-bond acceptors (Lipinski definition) is 3. The molecule has 28 heavy (non-hydrogen) atoms. The summed E-state index contributed by atoms with van der Waals surface area (Å²) in [5, 5.41) is 9.65. The van der Waals surface area contributed by atoms with Crippen LogP contribution in [0.25, 0.3) is 0 Å². The first-order valence-corrected chi connectivity index (χ1v) is 9.64. The standard InChI is InChI=1S/C21H21ClFN3O2/c1-11(2)18-10-16(19(27)24-14-6-4-13(23)5-7-14)21(26-18)15-9-12(22)3-8-17(15)25-20(21)28/h3-9,11,16,18,26H,10H2,1-2H3,(H,24,27)(H,25,28). The highest BCUT2D eigenvalue weighted by Crippen LogP contribution is 2.48. The zero-order valence-electron chi connectivity index (χ0n) is 15.6. The van der Waals surface area contributed by atoms with Gasteiger partial charge in [0.05, 0.1) is 5.92 Å². The summed E-state index contributed by atoms with van der Waals surface area (Å²) in [7, 11) is 0. The van der Waals surface area contributed by atoms with Gasteiger partial charge in [-0.2, -0.15) is 0 Å². The smallest absolute Gasteiger partial charge is 0.250 e. The van der Waals surface area contributed by atoms with Crippen molar-refractivity contribution in [3.8, 4) is 0 Å². The number of fused-ring (bicyclic) bond motifs is 2. The van der Waals surface area contributed by atoms with Gasteiger partial charge in [-0.1, -0.05) is 25.4 Å². The Morgan fingerprint density at radius 2 is 1.96 bits per heavy atom. The van der Waals surface area contributed by atoms with Crippen LogP contribution in [0.5, 0.6) is 0 Å². The Bertz CT molecular complexity index is 947. The van der Waals surface area contributed by atoms with Gasteiger partial charge >= 0.3 is 0 Å². The second-order valence-corrected chi connectivity index (χ2v) is 8.17. The van der Waals surface area contributed by atoms with Crippen molar-refractivity contribution in [2.45, 2.75) is 31.8 Å². The average molecular weight is 402 g/mol. The number of hydrogen-bond donors (Lipinski definition) is 3. The van der Waals surface area contributed by atoms with E-state index in [-0.39, 0.29) is 29.6 Å². The number of carbonyl (C=O) groups excluding carboxylic acids is 2. The fourth-order valence-electron chi connectivity index (χ4n) is 4.17. The van der Waals surface area contributed by atoms with Crippen molar-refractivity contribution in [1.29, 1.82) is 0 Å². The quantitative estimate of drug-likeness (QED) is 0.730. The van der Waals surface area contributed by atoms with Crippen LogP contribution in [0.3, 0.4) is 0 Å². The normalized spacial score (nSPS) is 25.8. The van der Waals surface area contributed by atoms with Gasteiger partial charge < -0.3 is 10.6 Å². The highest BCUT2D eigenvalue weighted by Gasteiger charge is 2.60. The van der Waals surface area contributed by atoms with Crippen LogP contribution >= 0.6 is 11.6 Å². The van der Waals surface area contributed by atoms with Gasteiger partial charge in [0.1, 0.15) is 11.4 Å². The minimum absolute atomic E-state index is 0.0142. The van der Waals surface area contributed by atoms with E-state index >= 15 is 0 Å². The SMILES string of the molecule is CC(C)C1CC(C(=O)Nc2ccc(F)cc2)C2(N1)C(=O)Nc1ccc(Cl)cc12. The number of nitrogens with one attached hydrogen (secondary N) is 3. The van der Waals surface area contributed by atoms with E-state index in [1.165, 1.54) is 24.3 Å². The molecule has 2 amide bonds. The fourth-order valence-corrected chi connectivity index (χ4v) is 4.34. The molecule has 4 rings (SSSR count). The fraction of sp³-hybridized carbons (Fsp3) is 0.333. The first kappa shape index (κ1) is 18.9. The number of amides is 2. The van der Waals surface area contributed by atoms with Crippen LogP contribution in [-0.4, -0.2) is 17.9 Å². The Morgan fingerprint density at radius 1 is 1.25 bits per heavy atom. The van der Waals surface area contributed by atoms with Crippen LogP contribution in [0, 0.1) is 17.7 Å². The van der Waals surface area contributed by atoms with Gasteiger partial charge in [0.25, 0.3) is 0 Å². The summed E-state index contributed by atoms with van der Waals surface area (Å²) < 4.78 is 13.2. The van der Waals surface area contributed by atoms with E-state index in [1.807, 2.05) is 0 Å². The number of benzene rings is 2. The van der Waals surface area contributed by atoms with Crippen molar-refractivity contribution < 1.29 is 14.0 Å². The molecule has 5 nitrogen and oxygen atoms in total. The highest BCUT2D eigenvalue weighted by atomic mass is 35.5. The molecule has 3 atom stereocenters. The van der Waals surface area contributed by atoms with Crippen LogP contribution < -0.4 is 16.0 Å². The average Bonchev–Trinajstić information content (AvgIpc) is 3.18. The topological polar surface area (TPSA) is 70.2 Å². The Labute approximate surface area is 167 Å². The van der Waals surface area contributed by atoms with Crippen molar-refractivity contribution in [2.75, 3.05) is 10.6 Å². The van der Waals surface area contributed by atoms with Gasteiger partial charge in [-0.05, 0) is 54.8 Å². The maximum absolute atomic E-state index is 13.2. The predicted molar refractivity (Wildman–Crippen MR) is 107 cm³/mol. The molecule has 1 saturated heterocycles. The molecule has 3 unspecified atom stereocenters. The van der Waals surface area contributed by atoms with Crippen LogP contribution in [-0.2, 0) is 15.1 Å². The number of rotatable bonds is 3. The lowest BCUT2D eigenvalue weighted by Gasteiger charge is -2.29. The molecule has 1 fully saturated rings. The van der Waals surface area contributed by atoms with Gasteiger partial charge in [-0.15, -0.1) is 0 Å². The molecule has 2 aliphatic heterocycles. The second kappa shape index (κ2) is 6.87. The molecule has 3 N–H and O–H groups in total. The monoisotopic (exact) mass is 401 g/mol. The maximum atomic E-state index is 13.2. The highest BCUT2D eigenvalue weighted by molar-refractivity contribution is 6.31. The number of anilines is 2. The molecule has 1 spiro atoms. The zero-order valence-corrected chi connectivity index (χ0v) is 16.3. The first-order chi connectivity index (χ1) is 13.3. The van der Waals surface area contributed by atoms with Gasteiger partial charge in [-0.25, -0.2) is 4.39 Å². The molecule has 2 aromatic rings. The van der Waals surface area contributed by atoms with Gasteiger partial charge in [0, 0.05) is 28.0 Å². The van der Waals surface area contributed by atoms with Crippen molar-refractivity contribution in [1.82, 2.24) is 5.32 Å². The molecule has 0 radical (unpaired) electrons. The Kier molecular flexibility index (Phi) is 4.63. The van der Waals surface area contributed by atoms with Crippen molar-refractivity contribution >= 4 is 34.8 Å². The van der Waals surface area contributed by atoms with Crippen molar-refractivity contribution in [2.24, 2.45) is 11.8 Å². The summed E-state index contributed by atoms with van der Waals surface area (Å²) in [6, 6.07) is 10.8. The zero-order chi connectivity index (χ0) is 20.1. The molecule has 7 heteroatoms. The maximum Gasteiger partial charge on any atom is 0.250 e. The van der Waals surface area contributed by atoms with Crippen LogP contribution in [0.1, 0.15) is 25.8 Å². The van der Waals surface area contributed by atoms with E-state index in [2.05, 4.69) is 29.8 Å². The molecule has 0 aromatic heterocycles. The minimum Gasteiger partial charge on any atom is -0.326 e. The Balaban J connectivity index is 1.74. The van der Waals surface area contributed by atoms with Gasteiger partial charge in [0.2, 0.25) is 11.8 Å². The van der Waals surface area contributed by atoms with E-state index in [0.29, 0.717) is 28.4 Å². The molecule has 0 saturated carbocycles. The summed E-state index contributed by atoms with van der Waals surface area (Å²) in [6.45, 7) is 4.11. The molecule has 2 heterocycles. The molecule has 0 aliphatic carbocycles. The second-order valence-electron chi connectivity index (χ2n) is 7.73. The van der Waals surface area contributed by atoms with Crippen LogP contribution in [0.2, 0.25) is 5.02 Å².